The minimum Gasteiger partial charge on any atom is -0.465 e. The number of hydrogen-bond donors (Lipinski definition) is 0. The van der Waals surface area contributed by atoms with Crippen molar-refractivity contribution in [2.24, 2.45) is 11.3 Å². The molecular weight excluding hydrogens is 294 g/mol. The zero-order valence-electron chi connectivity index (χ0n) is 15.8. The zero-order chi connectivity index (χ0) is 17.9. The molecule has 1 atom stereocenters. The zero-order valence-corrected chi connectivity index (χ0v) is 15.8. The normalized spacial score (nSPS) is 13.0. The Balaban J connectivity index is 4.46. The molecule has 0 aliphatic rings. The van der Waals surface area contributed by atoms with E-state index in [2.05, 4.69) is 18.7 Å². The van der Waals surface area contributed by atoms with Crippen LogP contribution in [0.2, 0.25) is 0 Å². The Bertz CT molecular complexity index is 351. The monoisotopic (exact) mass is 329 g/mol. The predicted octanol–water partition coefficient (Wildman–Crippen LogP) is 3.27. The summed E-state index contributed by atoms with van der Waals surface area (Å²) in [6, 6.07) is 0. The van der Waals surface area contributed by atoms with E-state index in [0.717, 1.165) is 26.1 Å². The summed E-state index contributed by atoms with van der Waals surface area (Å²) >= 11 is 0. The highest BCUT2D eigenvalue weighted by atomic mass is 16.5. The lowest BCUT2D eigenvalue weighted by Crippen LogP contribution is -2.34. The average Bonchev–Trinajstić information content (AvgIpc) is 2.54. The van der Waals surface area contributed by atoms with Crippen molar-refractivity contribution in [3.8, 4) is 0 Å². The highest BCUT2D eigenvalue weighted by molar-refractivity contribution is 5.78. The molecule has 0 rings (SSSR count). The highest BCUT2D eigenvalue weighted by Gasteiger charge is 2.35. The molecule has 0 saturated heterocycles. The fourth-order valence-corrected chi connectivity index (χ4v) is 2.42. The first-order chi connectivity index (χ1) is 10.8. The Labute approximate surface area is 141 Å². The molecule has 0 aromatic carbocycles. The molecule has 0 aliphatic carbocycles. The second kappa shape index (κ2) is 11.4. The van der Waals surface area contributed by atoms with Gasteiger partial charge in [-0.3, -0.25) is 9.59 Å². The van der Waals surface area contributed by atoms with E-state index >= 15 is 0 Å². The van der Waals surface area contributed by atoms with Gasteiger partial charge in [-0.2, -0.15) is 0 Å². The van der Waals surface area contributed by atoms with Crippen LogP contribution in [0.15, 0.2) is 0 Å². The van der Waals surface area contributed by atoms with Gasteiger partial charge in [-0.1, -0.05) is 27.7 Å². The van der Waals surface area contributed by atoms with Gasteiger partial charge < -0.3 is 14.4 Å². The van der Waals surface area contributed by atoms with Crippen molar-refractivity contribution >= 4 is 11.9 Å². The number of esters is 2. The van der Waals surface area contributed by atoms with Crippen molar-refractivity contribution in [1.82, 2.24) is 4.90 Å². The van der Waals surface area contributed by atoms with Crippen molar-refractivity contribution < 1.29 is 19.1 Å². The lowest BCUT2D eigenvalue weighted by molar-refractivity contribution is -0.158. The Morgan fingerprint density at radius 3 is 2.09 bits per heavy atom. The van der Waals surface area contributed by atoms with E-state index in [9.17, 15) is 9.59 Å². The summed E-state index contributed by atoms with van der Waals surface area (Å²) < 4.78 is 10.6. The molecule has 5 nitrogen and oxygen atoms in total. The summed E-state index contributed by atoms with van der Waals surface area (Å²) in [5, 5.41) is 0. The van der Waals surface area contributed by atoms with Gasteiger partial charge in [-0.15, -0.1) is 0 Å². The second-order valence-electron chi connectivity index (χ2n) is 6.52. The van der Waals surface area contributed by atoms with Crippen molar-refractivity contribution in [3.63, 3.8) is 0 Å². The van der Waals surface area contributed by atoms with Gasteiger partial charge in [0.1, 0.15) is 6.61 Å². The van der Waals surface area contributed by atoms with Gasteiger partial charge in [0, 0.05) is 6.54 Å². The molecule has 0 amide bonds. The maximum Gasteiger partial charge on any atom is 0.311 e. The standard InChI is InChI=1S/C18H35NO4/c1-7-12-22-16(20)15(8-2)14-18(5,6)17(21)23-13-11-19(9-3)10-4/h15H,7-14H2,1-6H3. The first-order valence-electron chi connectivity index (χ1n) is 8.88. The molecule has 5 heteroatoms. The molecule has 1 unspecified atom stereocenters. The maximum atomic E-state index is 12.3. The molecule has 0 fully saturated rings. The maximum absolute atomic E-state index is 12.3. The minimum atomic E-state index is -0.685. The number of rotatable bonds is 12. The molecule has 0 aliphatic heterocycles. The van der Waals surface area contributed by atoms with Crippen LogP contribution in [0.3, 0.4) is 0 Å². The predicted molar refractivity (Wildman–Crippen MR) is 92.2 cm³/mol. The van der Waals surface area contributed by atoms with Gasteiger partial charge in [0.2, 0.25) is 0 Å². The topological polar surface area (TPSA) is 55.8 Å². The smallest absolute Gasteiger partial charge is 0.311 e. The molecule has 0 aromatic heterocycles. The summed E-state index contributed by atoms with van der Waals surface area (Å²) in [5.74, 6) is -0.711. The Morgan fingerprint density at radius 1 is 1.00 bits per heavy atom. The van der Waals surface area contributed by atoms with E-state index in [4.69, 9.17) is 9.47 Å². The third-order valence-electron chi connectivity index (χ3n) is 4.12. The molecule has 0 saturated carbocycles. The van der Waals surface area contributed by atoms with E-state index in [1.54, 1.807) is 0 Å². The molecule has 0 radical (unpaired) electrons. The summed E-state index contributed by atoms with van der Waals surface area (Å²) in [6.07, 6.45) is 1.92. The van der Waals surface area contributed by atoms with Crippen LogP contribution < -0.4 is 0 Å². The van der Waals surface area contributed by atoms with Crippen LogP contribution >= 0.6 is 0 Å². The van der Waals surface area contributed by atoms with Crippen LogP contribution in [0.4, 0.5) is 0 Å². The molecule has 0 heterocycles. The van der Waals surface area contributed by atoms with Crippen LogP contribution in [0.25, 0.3) is 0 Å². The highest BCUT2D eigenvalue weighted by Crippen LogP contribution is 2.29. The van der Waals surface area contributed by atoms with Crippen LogP contribution in [0.5, 0.6) is 0 Å². The molecule has 0 aromatic rings. The molecule has 0 spiro atoms. The summed E-state index contributed by atoms with van der Waals surface area (Å²) in [4.78, 5) is 26.6. The molecular formula is C18H35NO4. The van der Waals surface area contributed by atoms with E-state index in [1.165, 1.54) is 0 Å². The largest absolute Gasteiger partial charge is 0.465 e. The number of nitrogens with zero attached hydrogens (tertiary/aromatic N) is 1. The lowest BCUT2D eigenvalue weighted by atomic mass is 9.81. The summed E-state index contributed by atoms with van der Waals surface area (Å²) in [7, 11) is 0. The van der Waals surface area contributed by atoms with Gasteiger partial charge in [0.05, 0.1) is 17.9 Å². The SMILES string of the molecule is CCCOC(=O)C(CC)CC(C)(C)C(=O)OCCN(CC)CC. The second-order valence-corrected chi connectivity index (χ2v) is 6.52. The van der Waals surface area contributed by atoms with E-state index < -0.39 is 5.41 Å². The number of carbonyl (C=O) groups excluding carboxylic acids is 2. The van der Waals surface area contributed by atoms with Crippen LogP contribution in [-0.2, 0) is 19.1 Å². The lowest BCUT2D eigenvalue weighted by Gasteiger charge is -2.27. The van der Waals surface area contributed by atoms with Crippen molar-refractivity contribution in [2.75, 3.05) is 32.8 Å². The molecule has 0 N–H and O–H groups in total. The Hall–Kier alpha value is -1.10. The number of ether oxygens (including phenoxy) is 2. The fraction of sp³-hybridized carbons (Fsp3) is 0.889. The first-order valence-corrected chi connectivity index (χ1v) is 8.88. The van der Waals surface area contributed by atoms with Crippen LogP contribution in [0, 0.1) is 11.3 Å². The van der Waals surface area contributed by atoms with Gasteiger partial charge in [-0.25, -0.2) is 0 Å². The first kappa shape index (κ1) is 21.9. The van der Waals surface area contributed by atoms with Gasteiger partial charge >= 0.3 is 11.9 Å². The van der Waals surface area contributed by atoms with Crippen molar-refractivity contribution in [2.45, 2.75) is 60.8 Å². The van der Waals surface area contributed by atoms with Gasteiger partial charge in [0.25, 0.3) is 0 Å². The third kappa shape index (κ3) is 8.35. The average molecular weight is 329 g/mol. The van der Waals surface area contributed by atoms with Gasteiger partial charge in [0.15, 0.2) is 0 Å². The molecule has 0 bridgehead atoms. The number of hydrogen-bond acceptors (Lipinski definition) is 5. The number of carbonyl (C=O) groups is 2. The minimum absolute atomic E-state index is 0.210. The van der Waals surface area contributed by atoms with Crippen LogP contribution in [-0.4, -0.2) is 49.7 Å². The third-order valence-corrected chi connectivity index (χ3v) is 4.12. The Kier molecular flexibility index (Phi) is 10.9. The quantitative estimate of drug-likeness (QED) is 0.514. The Morgan fingerprint density at radius 2 is 1.61 bits per heavy atom. The van der Waals surface area contributed by atoms with E-state index in [-0.39, 0.29) is 17.9 Å². The number of likely N-dealkylation sites (N-methyl/N-ethyl adjacent to an activating group) is 1. The van der Waals surface area contributed by atoms with Crippen LogP contribution in [0.1, 0.15) is 60.8 Å². The van der Waals surface area contributed by atoms with E-state index in [0.29, 0.717) is 26.1 Å². The molecule has 23 heavy (non-hydrogen) atoms. The molecule has 136 valence electrons. The summed E-state index contributed by atoms with van der Waals surface area (Å²) in [5.41, 5.74) is -0.685. The summed E-state index contributed by atoms with van der Waals surface area (Å²) in [6.45, 7) is 15.2. The van der Waals surface area contributed by atoms with Crippen molar-refractivity contribution in [3.05, 3.63) is 0 Å². The fourth-order valence-electron chi connectivity index (χ4n) is 2.42. The van der Waals surface area contributed by atoms with Gasteiger partial charge in [-0.05, 0) is 46.2 Å². The van der Waals surface area contributed by atoms with E-state index in [1.807, 2.05) is 27.7 Å². The van der Waals surface area contributed by atoms with Crippen molar-refractivity contribution in [1.29, 1.82) is 0 Å².